The molecule has 29 heavy (non-hydrogen) atoms. The van der Waals surface area contributed by atoms with Gasteiger partial charge in [-0.15, -0.1) is 0 Å². The van der Waals surface area contributed by atoms with Crippen LogP contribution in [0.15, 0.2) is 61.2 Å². The zero-order valence-electron chi connectivity index (χ0n) is 16.9. The third-order valence-electron chi connectivity index (χ3n) is 4.22. The molecule has 0 atom stereocenters. The first-order chi connectivity index (χ1) is 14.0. The topological polar surface area (TPSA) is 80.2 Å². The maximum absolute atomic E-state index is 12.6. The first-order valence-corrected chi connectivity index (χ1v) is 9.52. The van der Waals surface area contributed by atoms with Gasteiger partial charge in [0.25, 0.3) is 5.91 Å². The highest BCUT2D eigenvalue weighted by atomic mass is 16.5. The van der Waals surface area contributed by atoms with Crippen molar-refractivity contribution < 1.29 is 9.53 Å². The molecule has 1 amide bonds. The van der Waals surface area contributed by atoms with Crippen molar-refractivity contribution in [3.63, 3.8) is 0 Å². The molecule has 0 saturated heterocycles. The van der Waals surface area contributed by atoms with E-state index < -0.39 is 0 Å². The second-order valence-electron chi connectivity index (χ2n) is 6.91. The maximum Gasteiger partial charge on any atom is 0.273 e. The molecule has 150 valence electrons. The minimum atomic E-state index is -0.165. The van der Waals surface area contributed by atoms with Gasteiger partial charge in [0.15, 0.2) is 0 Å². The third-order valence-corrected chi connectivity index (χ3v) is 4.22. The Labute approximate surface area is 170 Å². The lowest BCUT2D eigenvalue weighted by Gasteiger charge is -2.17. The van der Waals surface area contributed by atoms with Crippen molar-refractivity contribution in [1.82, 2.24) is 19.9 Å². The number of carbonyl (C=O) groups excluding carboxylic acids is 1. The smallest absolute Gasteiger partial charge is 0.273 e. The predicted octanol–water partition coefficient (Wildman–Crippen LogP) is 3.72. The van der Waals surface area contributed by atoms with Crippen LogP contribution < -0.4 is 10.1 Å². The van der Waals surface area contributed by atoms with Crippen LogP contribution in [0.25, 0.3) is 0 Å². The van der Waals surface area contributed by atoms with Crippen molar-refractivity contribution in [3.05, 3.63) is 72.4 Å². The minimum absolute atomic E-state index is 0.0618. The molecule has 1 aromatic carbocycles. The number of benzene rings is 1. The van der Waals surface area contributed by atoms with Crippen LogP contribution in [0.2, 0.25) is 0 Å². The highest BCUT2D eigenvalue weighted by molar-refractivity contribution is 5.91. The molecule has 0 saturated carbocycles. The summed E-state index contributed by atoms with van der Waals surface area (Å²) < 4.78 is 5.80. The molecule has 3 aromatic rings. The lowest BCUT2D eigenvalue weighted by molar-refractivity contribution is 0.0790. The number of pyridine rings is 1. The first-order valence-electron chi connectivity index (χ1n) is 9.52. The number of hydrogen-bond donors (Lipinski definition) is 1. The van der Waals surface area contributed by atoms with Gasteiger partial charge in [-0.25, -0.2) is 9.97 Å². The van der Waals surface area contributed by atoms with Crippen LogP contribution in [-0.4, -0.2) is 45.5 Å². The SMILES string of the molecule is CC(C)Oc1ccccc1Nc1cnc(C(=O)N(C)CCc2ccncc2)cn1. The van der Waals surface area contributed by atoms with Gasteiger partial charge in [-0.05, 0) is 50.1 Å². The fourth-order valence-corrected chi connectivity index (χ4v) is 2.71. The Morgan fingerprint density at radius 1 is 1.10 bits per heavy atom. The van der Waals surface area contributed by atoms with Gasteiger partial charge < -0.3 is 15.0 Å². The highest BCUT2D eigenvalue weighted by Crippen LogP contribution is 2.27. The second-order valence-corrected chi connectivity index (χ2v) is 6.91. The van der Waals surface area contributed by atoms with Crippen molar-refractivity contribution in [1.29, 1.82) is 0 Å². The fourth-order valence-electron chi connectivity index (χ4n) is 2.71. The molecule has 7 nitrogen and oxygen atoms in total. The number of anilines is 2. The first kappa shape index (κ1) is 20.3. The average molecular weight is 391 g/mol. The lowest BCUT2D eigenvalue weighted by Crippen LogP contribution is -2.29. The van der Waals surface area contributed by atoms with Crippen LogP contribution >= 0.6 is 0 Å². The number of likely N-dealkylation sites (N-methyl/N-ethyl adjacent to an activating group) is 1. The van der Waals surface area contributed by atoms with E-state index in [0.29, 0.717) is 18.1 Å². The zero-order chi connectivity index (χ0) is 20.6. The Bertz CT molecular complexity index is 929. The molecule has 3 rings (SSSR count). The monoisotopic (exact) mass is 391 g/mol. The van der Waals surface area contributed by atoms with E-state index in [4.69, 9.17) is 4.74 Å². The summed E-state index contributed by atoms with van der Waals surface area (Å²) in [7, 11) is 1.76. The van der Waals surface area contributed by atoms with Crippen molar-refractivity contribution in [2.45, 2.75) is 26.4 Å². The number of para-hydroxylation sites is 2. The molecule has 0 aliphatic carbocycles. The minimum Gasteiger partial charge on any atom is -0.489 e. The van der Waals surface area contributed by atoms with Crippen LogP contribution in [-0.2, 0) is 6.42 Å². The van der Waals surface area contributed by atoms with E-state index in [0.717, 1.165) is 23.4 Å². The van der Waals surface area contributed by atoms with Crippen LogP contribution in [0.3, 0.4) is 0 Å². The number of carbonyl (C=O) groups is 1. The molecule has 0 aliphatic rings. The third kappa shape index (κ3) is 5.75. The van der Waals surface area contributed by atoms with Gasteiger partial charge in [0.05, 0.1) is 24.2 Å². The van der Waals surface area contributed by atoms with Gasteiger partial charge >= 0.3 is 0 Å². The quantitative estimate of drug-likeness (QED) is 0.630. The number of nitrogens with one attached hydrogen (secondary N) is 1. The summed E-state index contributed by atoms with van der Waals surface area (Å²) in [5.41, 5.74) is 2.23. The summed E-state index contributed by atoms with van der Waals surface area (Å²) in [5.74, 6) is 1.11. The molecule has 2 heterocycles. The summed E-state index contributed by atoms with van der Waals surface area (Å²) in [6, 6.07) is 11.5. The van der Waals surface area contributed by atoms with E-state index in [9.17, 15) is 4.79 Å². The molecule has 0 fully saturated rings. The summed E-state index contributed by atoms with van der Waals surface area (Å²) in [6.45, 7) is 4.54. The van der Waals surface area contributed by atoms with Crippen molar-refractivity contribution in [3.8, 4) is 5.75 Å². The van der Waals surface area contributed by atoms with E-state index >= 15 is 0 Å². The highest BCUT2D eigenvalue weighted by Gasteiger charge is 2.14. The number of rotatable bonds is 8. The Kier molecular flexibility index (Phi) is 6.73. The molecule has 0 aliphatic heterocycles. The van der Waals surface area contributed by atoms with Crippen LogP contribution in [0.1, 0.15) is 29.9 Å². The summed E-state index contributed by atoms with van der Waals surface area (Å²) in [6.07, 6.45) is 7.35. The van der Waals surface area contributed by atoms with Gasteiger partial charge in [0.2, 0.25) is 0 Å². The summed E-state index contributed by atoms with van der Waals surface area (Å²) >= 11 is 0. The molecule has 0 spiro atoms. The average Bonchev–Trinajstić information content (AvgIpc) is 2.74. The zero-order valence-corrected chi connectivity index (χ0v) is 16.9. The summed E-state index contributed by atoms with van der Waals surface area (Å²) in [4.78, 5) is 26.8. The van der Waals surface area contributed by atoms with Crippen molar-refractivity contribution >= 4 is 17.4 Å². The standard InChI is InChI=1S/C22H25N5O2/c1-16(2)29-20-7-5-4-6-18(20)26-21-15-24-19(14-25-21)22(28)27(3)13-10-17-8-11-23-12-9-17/h4-9,11-12,14-16H,10,13H2,1-3H3,(H,25,26). The van der Waals surface area contributed by atoms with Gasteiger partial charge in [-0.1, -0.05) is 12.1 Å². The van der Waals surface area contributed by atoms with Gasteiger partial charge in [0.1, 0.15) is 17.3 Å². The normalized spacial score (nSPS) is 10.6. The summed E-state index contributed by atoms with van der Waals surface area (Å²) in [5, 5.41) is 3.19. The Balaban J connectivity index is 1.62. The Morgan fingerprint density at radius 2 is 1.86 bits per heavy atom. The number of aromatic nitrogens is 3. The molecule has 0 radical (unpaired) electrons. The van der Waals surface area contributed by atoms with Gasteiger partial charge in [0, 0.05) is 26.0 Å². The number of hydrogen-bond acceptors (Lipinski definition) is 6. The van der Waals surface area contributed by atoms with E-state index in [2.05, 4.69) is 20.3 Å². The van der Waals surface area contributed by atoms with Crippen LogP contribution in [0.4, 0.5) is 11.5 Å². The van der Waals surface area contributed by atoms with Crippen molar-refractivity contribution in [2.24, 2.45) is 0 Å². The fraction of sp³-hybridized carbons (Fsp3) is 0.273. The van der Waals surface area contributed by atoms with E-state index in [1.807, 2.05) is 50.2 Å². The van der Waals surface area contributed by atoms with Crippen molar-refractivity contribution in [2.75, 3.05) is 18.9 Å². The predicted molar refractivity (Wildman–Crippen MR) is 112 cm³/mol. The van der Waals surface area contributed by atoms with E-state index in [1.165, 1.54) is 6.20 Å². The van der Waals surface area contributed by atoms with Gasteiger partial charge in [-0.3, -0.25) is 9.78 Å². The molecule has 7 heteroatoms. The number of amides is 1. The Morgan fingerprint density at radius 3 is 2.55 bits per heavy atom. The molecule has 1 N–H and O–H groups in total. The molecule has 0 bridgehead atoms. The number of ether oxygens (including phenoxy) is 1. The molecule has 0 unspecified atom stereocenters. The molecule has 2 aromatic heterocycles. The van der Waals surface area contributed by atoms with E-state index in [1.54, 1.807) is 30.5 Å². The molecular weight excluding hydrogens is 366 g/mol. The lowest BCUT2D eigenvalue weighted by atomic mass is 10.2. The maximum atomic E-state index is 12.6. The molecular formula is C22H25N5O2. The van der Waals surface area contributed by atoms with Gasteiger partial charge in [-0.2, -0.15) is 0 Å². The number of nitrogens with zero attached hydrogens (tertiary/aromatic N) is 4. The second kappa shape index (κ2) is 9.64. The largest absolute Gasteiger partial charge is 0.489 e. The van der Waals surface area contributed by atoms with E-state index in [-0.39, 0.29) is 12.0 Å². The van der Waals surface area contributed by atoms with Crippen LogP contribution in [0, 0.1) is 0 Å². The van der Waals surface area contributed by atoms with Crippen LogP contribution in [0.5, 0.6) is 5.75 Å². The Hall–Kier alpha value is -3.48.